The van der Waals surface area contributed by atoms with E-state index in [-0.39, 0.29) is 0 Å². The van der Waals surface area contributed by atoms with Crippen LogP contribution >= 0.6 is 0 Å². The minimum absolute atomic E-state index is 0.528. The van der Waals surface area contributed by atoms with Crippen LogP contribution in [0.4, 0.5) is 28.7 Å². The summed E-state index contributed by atoms with van der Waals surface area (Å²) in [6.07, 6.45) is 1.54. The molecular weight excluding hydrogens is 408 g/mol. The number of fused-ring (bicyclic) bond motifs is 1. The van der Waals surface area contributed by atoms with Crippen molar-refractivity contribution < 1.29 is 14.2 Å². The maximum Gasteiger partial charge on any atom is 0.163 e. The second-order valence-electron chi connectivity index (χ2n) is 7.62. The summed E-state index contributed by atoms with van der Waals surface area (Å²) in [5.74, 6) is 3.63. The van der Waals surface area contributed by atoms with Gasteiger partial charge < -0.3 is 35.1 Å². The molecule has 32 heavy (non-hydrogen) atoms. The van der Waals surface area contributed by atoms with E-state index in [1.54, 1.807) is 13.4 Å². The molecule has 0 amide bonds. The molecule has 3 heterocycles. The number of methoxy groups -OCH3 is 1. The summed E-state index contributed by atoms with van der Waals surface area (Å²) in [5, 5.41) is 3.29. The van der Waals surface area contributed by atoms with Crippen LogP contribution in [0.5, 0.6) is 17.2 Å². The molecule has 3 N–H and O–H groups in total. The summed E-state index contributed by atoms with van der Waals surface area (Å²) in [7, 11) is 1.68. The quantitative estimate of drug-likeness (QED) is 0.628. The van der Waals surface area contributed by atoms with Gasteiger partial charge in [-0.05, 0) is 36.4 Å². The highest BCUT2D eigenvalue weighted by Gasteiger charge is 2.22. The van der Waals surface area contributed by atoms with Gasteiger partial charge in [0, 0.05) is 43.6 Å². The number of nitrogens with zero attached hydrogens (tertiary/aromatic N) is 4. The second kappa shape index (κ2) is 8.70. The normalized spacial score (nSPS) is 15.4. The predicted molar refractivity (Wildman–Crippen MR) is 125 cm³/mol. The highest BCUT2D eigenvalue weighted by atomic mass is 16.6. The zero-order chi connectivity index (χ0) is 21.9. The Kier molecular flexibility index (Phi) is 5.45. The number of nitrogens with two attached hydrogens (primary N) is 1. The molecule has 0 aliphatic carbocycles. The number of rotatable bonds is 5. The highest BCUT2D eigenvalue weighted by Crippen LogP contribution is 2.35. The van der Waals surface area contributed by atoms with Gasteiger partial charge in [-0.1, -0.05) is 0 Å². The molecule has 166 valence electrons. The smallest absolute Gasteiger partial charge is 0.163 e. The summed E-state index contributed by atoms with van der Waals surface area (Å²) in [6.45, 7) is 4.49. The first-order valence-electron chi connectivity index (χ1n) is 10.6. The molecule has 0 bridgehead atoms. The zero-order valence-electron chi connectivity index (χ0n) is 18.0. The molecule has 0 radical (unpaired) electrons. The van der Waals surface area contributed by atoms with Gasteiger partial charge >= 0.3 is 0 Å². The lowest BCUT2D eigenvalue weighted by atomic mass is 10.2. The Morgan fingerprint density at radius 1 is 0.906 bits per heavy atom. The Morgan fingerprint density at radius 2 is 1.62 bits per heavy atom. The molecule has 0 saturated carbocycles. The molecule has 1 saturated heterocycles. The zero-order valence-corrected chi connectivity index (χ0v) is 18.0. The summed E-state index contributed by atoms with van der Waals surface area (Å²) in [6, 6.07) is 13.8. The fourth-order valence-electron chi connectivity index (χ4n) is 3.97. The Morgan fingerprint density at radius 3 is 2.38 bits per heavy atom. The van der Waals surface area contributed by atoms with Crippen LogP contribution < -0.4 is 35.1 Å². The van der Waals surface area contributed by atoms with Crippen LogP contribution in [0.15, 0.2) is 48.8 Å². The van der Waals surface area contributed by atoms with Gasteiger partial charge in [0.1, 0.15) is 31.0 Å². The molecule has 0 unspecified atom stereocenters. The molecule has 2 aromatic carbocycles. The van der Waals surface area contributed by atoms with Crippen molar-refractivity contribution in [3.05, 3.63) is 48.8 Å². The van der Waals surface area contributed by atoms with E-state index in [0.29, 0.717) is 30.5 Å². The Labute approximate surface area is 186 Å². The molecule has 1 fully saturated rings. The van der Waals surface area contributed by atoms with Crippen molar-refractivity contribution in [3.8, 4) is 17.2 Å². The molecule has 0 atom stereocenters. The van der Waals surface area contributed by atoms with Crippen molar-refractivity contribution >= 4 is 28.7 Å². The minimum atomic E-state index is 0.528. The van der Waals surface area contributed by atoms with E-state index in [9.17, 15) is 0 Å². The molecule has 9 nitrogen and oxygen atoms in total. The van der Waals surface area contributed by atoms with Gasteiger partial charge in [-0.15, -0.1) is 0 Å². The summed E-state index contributed by atoms with van der Waals surface area (Å²) in [4.78, 5) is 13.4. The molecule has 9 heteroatoms. The Hall–Kier alpha value is -3.88. The average Bonchev–Trinajstić information content (AvgIpc) is 2.85. The maximum atomic E-state index is 6.46. The van der Waals surface area contributed by atoms with Crippen LogP contribution in [0.1, 0.15) is 0 Å². The van der Waals surface area contributed by atoms with Crippen molar-refractivity contribution in [2.24, 2.45) is 0 Å². The van der Waals surface area contributed by atoms with Gasteiger partial charge in [0.05, 0.1) is 7.11 Å². The van der Waals surface area contributed by atoms with Crippen molar-refractivity contribution in [2.75, 3.05) is 67.4 Å². The van der Waals surface area contributed by atoms with E-state index in [1.165, 1.54) is 5.69 Å². The molecule has 3 aromatic rings. The SMILES string of the molecule is COc1ccc(N2CCN(c3ncnc(Nc4ccc5c(c4)OCCO5)c3N)CC2)cc1. The lowest BCUT2D eigenvalue weighted by molar-refractivity contribution is 0.171. The molecular formula is C23H26N6O3. The standard InChI is InChI=1S/C23H26N6O3/c1-30-18-5-3-17(4-6-18)28-8-10-29(11-9-28)23-21(24)22(25-15-26-23)27-16-2-7-19-20(14-16)32-13-12-31-19/h2-7,14-15H,8-13,24H2,1H3,(H,25,26,27). The Bertz CT molecular complexity index is 1080. The van der Waals surface area contributed by atoms with Gasteiger partial charge in [-0.3, -0.25) is 0 Å². The van der Waals surface area contributed by atoms with Crippen LogP contribution in [0.2, 0.25) is 0 Å². The molecule has 2 aliphatic heterocycles. The monoisotopic (exact) mass is 434 g/mol. The van der Waals surface area contributed by atoms with Crippen LogP contribution in [0, 0.1) is 0 Å². The van der Waals surface area contributed by atoms with E-state index in [0.717, 1.165) is 49.2 Å². The lowest BCUT2D eigenvalue weighted by Crippen LogP contribution is -2.47. The van der Waals surface area contributed by atoms with Crippen molar-refractivity contribution in [1.29, 1.82) is 0 Å². The van der Waals surface area contributed by atoms with E-state index < -0.39 is 0 Å². The van der Waals surface area contributed by atoms with Gasteiger partial charge in [0.25, 0.3) is 0 Å². The number of nitrogen functional groups attached to an aromatic ring is 1. The molecule has 1 aromatic heterocycles. The van der Waals surface area contributed by atoms with Crippen LogP contribution in [-0.4, -0.2) is 56.5 Å². The largest absolute Gasteiger partial charge is 0.497 e. The van der Waals surface area contributed by atoms with E-state index in [2.05, 4.69) is 37.2 Å². The molecule has 0 spiro atoms. The topological polar surface area (TPSA) is 98.0 Å². The van der Waals surface area contributed by atoms with E-state index in [4.69, 9.17) is 19.9 Å². The van der Waals surface area contributed by atoms with Crippen LogP contribution in [-0.2, 0) is 0 Å². The first-order valence-corrected chi connectivity index (χ1v) is 10.6. The van der Waals surface area contributed by atoms with Crippen molar-refractivity contribution in [2.45, 2.75) is 0 Å². The summed E-state index contributed by atoms with van der Waals surface area (Å²) in [5.41, 5.74) is 9.00. The number of ether oxygens (including phenoxy) is 3. The Balaban J connectivity index is 1.28. The predicted octanol–water partition coefficient (Wildman–Crippen LogP) is 2.91. The fraction of sp³-hybridized carbons (Fsp3) is 0.304. The minimum Gasteiger partial charge on any atom is -0.497 e. The van der Waals surface area contributed by atoms with E-state index >= 15 is 0 Å². The summed E-state index contributed by atoms with van der Waals surface area (Å²) < 4.78 is 16.5. The van der Waals surface area contributed by atoms with Crippen LogP contribution in [0.3, 0.4) is 0 Å². The molecule has 2 aliphatic rings. The number of piperazine rings is 1. The third-order valence-electron chi connectivity index (χ3n) is 5.68. The molecule has 5 rings (SSSR count). The first-order chi connectivity index (χ1) is 15.7. The maximum absolute atomic E-state index is 6.46. The van der Waals surface area contributed by atoms with Gasteiger partial charge in [-0.25, -0.2) is 9.97 Å². The second-order valence-corrected chi connectivity index (χ2v) is 7.62. The number of anilines is 5. The first kappa shape index (κ1) is 20.0. The van der Waals surface area contributed by atoms with Crippen molar-refractivity contribution in [3.63, 3.8) is 0 Å². The van der Waals surface area contributed by atoms with Gasteiger partial charge in [0.15, 0.2) is 23.1 Å². The third-order valence-corrected chi connectivity index (χ3v) is 5.68. The average molecular weight is 435 g/mol. The van der Waals surface area contributed by atoms with E-state index in [1.807, 2.05) is 30.3 Å². The highest BCUT2D eigenvalue weighted by molar-refractivity contribution is 5.79. The number of benzene rings is 2. The van der Waals surface area contributed by atoms with Gasteiger partial charge in [0.2, 0.25) is 0 Å². The van der Waals surface area contributed by atoms with Crippen LogP contribution in [0.25, 0.3) is 0 Å². The summed E-state index contributed by atoms with van der Waals surface area (Å²) >= 11 is 0. The number of aromatic nitrogens is 2. The fourth-order valence-corrected chi connectivity index (χ4v) is 3.97. The number of nitrogens with one attached hydrogen (secondary N) is 1. The van der Waals surface area contributed by atoms with Crippen molar-refractivity contribution in [1.82, 2.24) is 9.97 Å². The third kappa shape index (κ3) is 4.01. The lowest BCUT2D eigenvalue weighted by Gasteiger charge is -2.37. The number of hydrogen-bond donors (Lipinski definition) is 2. The van der Waals surface area contributed by atoms with Gasteiger partial charge in [-0.2, -0.15) is 0 Å². The number of hydrogen-bond acceptors (Lipinski definition) is 9.